The number of benzene rings is 2. The second kappa shape index (κ2) is 8.08. The standard InChI is InChI=1S/C16H12Cl2F2N2O2/c17-9-5-10(18)7-12(6-9)22-15(23)3-4-21-16(24)13-2-1-11(19)8-14(13)20/h1-2,5-8H,3-4H2,(H,21,24)(H,22,23). The van der Waals surface area contributed by atoms with Crippen molar-refractivity contribution in [2.75, 3.05) is 11.9 Å². The number of halogens is 4. The summed E-state index contributed by atoms with van der Waals surface area (Å²) in [4.78, 5) is 23.6. The van der Waals surface area contributed by atoms with Gasteiger partial charge in [0.2, 0.25) is 5.91 Å². The van der Waals surface area contributed by atoms with Gasteiger partial charge < -0.3 is 10.6 Å². The van der Waals surface area contributed by atoms with Crippen LogP contribution in [0, 0.1) is 11.6 Å². The van der Waals surface area contributed by atoms with Crippen LogP contribution in [-0.2, 0) is 4.79 Å². The van der Waals surface area contributed by atoms with Gasteiger partial charge in [0.15, 0.2) is 0 Å². The van der Waals surface area contributed by atoms with Gasteiger partial charge in [0.05, 0.1) is 5.56 Å². The molecule has 0 aliphatic carbocycles. The molecule has 0 aromatic heterocycles. The van der Waals surface area contributed by atoms with Gasteiger partial charge in [-0.25, -0.2) is 8.78 Å². The van der Waals surface area contributed by atoms with Crippen molar-refractivity contribution in [2.24, 2.45) is 0 Å². The molecule has 0 aliphatic rings. The summed E-state index contributed by atoms with van der Waals surface area (Å²) in [5.41, 5.74) is 0.131. The first-order valence-electron chi connectivity index (χ1n) is 6.84. The summed E-state index contributed by atoms with van der Waals surface area (Å²) in [6.45, 7) is -0.0181. The van der Waals surface area contributed by atoms with Gasteiger partial charge in [-0.15, -0.1) is 0 Å². The highest BCUT2D eigenvalue weighted by Gasteiger charge is 2.12. The number of anilines is 1. The minimum Gasteiger partial charge on any atom is -0.351 e. The lowest BCUT2D eigenvalue weighted by Gasteiger charge is -2.08. The molecule has 4 nitrogen and oxygen atoms in total. The normalized spacial score (nSPS) is 10.3. The van der Waals surface area contributed by atoms with Crippen molar-refractivity contribution in [1.82, 2.24) is 5.32 Å². The maximum atomic E-state index is 13.4. The van der Waals surface area contributed by atoms with Crippen LogP contribution in [0.3, 0.4) is 0 Å². The van der Waals surface area contributed by atoms with Gasteiger partial charge in [-0.1, -0.05) is 23.2 Å². The molecule has 2 aromatic rings. The van der Waals surface area contributed by atoms with E-state index in [1.165, 1.54) is 18.2 Å². The van der Waals surface area contributed by atoms with Crippen molar-refractivity contribution in [3.05, 3.63) is 63.6 Å². The zero-order valence-corrected chi connectivity index (χ0v) is 13.7. The lowest BCUT2D eigenvalue weighted by atomic mass is 10.2. The van der Waals surface area contributed by atoms with Gasteiger partial charge in [0.25, 0.3) is 5.91 Å². The van der Waals surface area contributed by atoms with E-state index in [4.69, 9.17) is 23.2 Å². The quantitative estimate of drug-likeness (QED) is 0.832. The molecule has 0 saturated carbocycles. The van der Waals surface area contributed by atoms with Gasteiger partial charge in [-0.3, -0.25) is 9.59 Å². The monoisotopic (exact) mass is 372 g/mol. The largest absolute Gasteiger partial charge is 0.351 e. The molecule has 0 heterocycles. The van der Waals surface area contributed by atoms with Crippen LogP contribution in [0.1, 0.15) is 16.8 Å². The number of hydrogen-bond donors (Lipinski definition) is 2. The molecule has 24 heavy (non-hydrogen) atoms. The molecule has 0 fully saturated rings. The summed E-state index contributed by atoms with van der Waals surface area (Å²) < 4.78 is 26.2. The highest BCUT2D eigenvalue weighted by atomic mass is 35.5. The molecule has 126 valence electrons. The number of carbonyl (C=O) groups excluding carboxylic acids is 2. The summed E-state index contributed by atoms with van der Waals surface area (Å²) in [5.74, 6) is -2.85. The number of hydrogen-bond acceptors (Lipinski definition) is 2. The predicted octanol–water partition coefficient (Wildman–Crippen LogP) is 4.03. The first-order valence-corrected chi connectivity index (χ1v) is 7.60. The molecule has 2 N–H and O–H groups in total. The topological polar surface area (TPSA) is 58.2 Å². The maximum absolute atomic E-state index is 13.4. The highest BCUT2D eigenvalue weighted by molar-refractivity contribution is 6.35. The average molecular weight is 373 g/mol. The van der Waals surface area contributed by atoms with Gasteiger partial charge in [-0.05, 0) is 30.3 Å². The summed E-state index contributed by atoms with van der Waals surface area (Å²) >= 11 is 11.6. The third-order valence-electron chi connectivity index (χ3n) is 2.96. The third-order valence-corrected chi connectivity index (χ3v) is 3.40. The Hall–Kier alpha value is -2.18. The molecule has 8 heteroatoms. The minimum atomic E-state index is -0.967. The molecule has 0 atom stereocenters. The fraction of sp³-hybridized carbons (Fsp3) is 0.125. The Bertz CT molecular complexity index is 764. The summed E-state index contributed by atoms with van der Waals surface area (Å²) in [6.07, 6.45) is -0.0430. The van der Waals surface area contributed by atoms with Crippen molar-refractivity contribution in [3.63, 3.8) is 0 Å². The van der Waals surface area contributed by atoms with E-state index < -0.39 is 17.5 Å². The number of amides is 2. The smallest absolute Gasteiger partial charge is 0.254 e. The minimum absolute atomic E-state index is 0.0181. The van der Waals surface area contributed by atoms with Gasteiger partial charge in [0.1, 0.15) is 11.6 Å². The molecule has 0 bridgehead atoms. The van der Waals surface area contributed by atoms with Crippen LogP contribution in [0.15, 0.2) is 36.4 Å². The zero-order valence-electron chi connectivity index (χ0n) is 12.2. The second-order valence-electron chi connectivity index (χ2n) is 4.84. The van der Waals surface area contributed by atoms with E-state index in [-0.39, 0.29) is 24.4 Å². The third kappa shape index (κ3) is 5.18. The lowest BCUT2D eigenvalue weighted by molar-refractivity contribution is -0.116. The maximum Gasteiger partial charge on any atom is 0.254 e. The Balaban J connectivity index is 1.85. The second-order valence-corrected chi connectivity index (χ2v) is 5.71. The molecule has 2 rings (SSSR count). The van der Waals surface area contributed by atoms with Crippen LogP contribution >= 0.6 is 23.2 Å². The Morgan fingerprint density at radius 1 is 1.00 bits per heavy atom. The fourth-order valence-corrected chi connectivity index (χ4v) is 2.43. The predicted molar refractivity (Wildman–Crippen MR) is 88.4 cm³/mol. The molecule has 0 radical (unpaired) electrons. The molecule has 0 aliphatic heterocycles. The first-order chi connectivity index (χ1) is 11.3. The van der Waals surface area contributed by atoms with Crippen LogP contribution in [0.4, 0.5) is 14.5 Å². The van der Waals surface area contributed by atoms with E-state index in [1.807, 2.05) is 0 Å². The van der Waals surface area contributed by atoms with Gasteiger partial charge >= 0.3 is 0 Å². The molecule has 0 spiro atoms. The molecular weight excluding hydrogens is 361 g/mol. The van der Waals surface area contributed by atoms with E-state index in [1.54, 1.807) is 0 Å². The van der Waals surface area contributed by atoms with Crippen molar-refractivity contribution in [3.8, 4) is 0 Å². The Labute approximate surface area is 146 Å². The molecule has 0 unspecified atom stereocenters. The molecule has 2 aromatic carbocycles. The number of nitrogens with one attached hydrogen (secondary N) is 2. The van der Waals surface area contributed by atoms with E-state index >= 15 is 0 Å². The lowest BCUT2D eigenvalue weighted by Crippen LogP contribution is -2.28. The van der Waals surface area contributed by atoms with Crippen LogP contribution < -0.4 is 10.6 Å². The van der Waals surface area contributed by atoms with Crippen molar-refractivity contribution in [2.45, 2.75) is 6.42 Å². The number of carbonyl (C=O) groups is 2. The Morgan fingerprint density at radius 3 is 2.29 bits per heavy atom. The molecule has 2 amide bonds. The summed E-state index contributed by atoms with van der Waals surface area (Å²) in [6, 6.07) is 7.21. The van der Waals surface area contributed by atoms with Crippen LogP contribution in [0.5, 0.6) is 0 Å². The first kappa shape index (κ1) is 18.2. The fourth-order valence-electron chi connectivity index (χ4n) is 1.91. The van der Waals surface area contributed by atoms with Crippen LogP contribution in [0.2, 0.25) is 10.0 Å². The molecule has 0 saturated heterocycles. The van der Waals surface area contributed by atoms with Gasteiger partial charge in [0, 0.05) is 34.8 Å². The van der Waals surface area contributed by atoms with E-state index in [9.17, 15) is 18.4 Å². The average Bonchev–Trinajstić information content (AvgIpc) is 2.45. The van der Waals surface area contributed by atoms with E-state index in [0.717, 1.165) is 12.1 Å². The van der Waals surface area contributed by atoms with Crippen molar-refractivity contribution >= 4 is 40.7 Å². The van der Waals surface area contributed by atoms with Crippen LogP contribution in [0.25, 0.3) is 0 Å². The van der Waals surface area contributed by atoms with Gasteiger partial charge in [-0.2, -0.15) is 0 Å². The Morgan fingerprint density at radius 2 is 1.67 bits per heavy atom. The van der Waals surface area contributed by atoms with Crippen molar-refractivity contribution < 1.29 is 18.4 Å². The van der Waals surface area contributed by atoms with E-state index in [2.05, 4.69) is 10.6 Å². The number of rotatable bonds is 5. The molecular formula is C16H12Cl2F2N2O2. The summed E-state index contributed by atoms with van der Waals surface area (Å²) in [5, 5.41) is 5.70. The highest BCUT2D eigenvalue weighted by Crippen LogP contribution is 2.22. The zero-order chi connectivity index (χ0) is 17.7. The SMILES string of the molecule is O=C(CCNC(=O)c1ccc(F)cc1F)Nc1cc(Cl)cc(Cl)c1. The van der Waals surface area contributed by atoms with Crippen LogP contribution in [-0.4, -0.2) is 18.4 Å². The van der Waals surface area contributed by atoms with E-state index in [0.29, 0.717) is 21.8 Å². The van der Waals surface area contributed by atoms with Crippen molar-refractivity contribution in [1.29, 1.82) is 0 Å². The Kier molecular flexibility index (Phi) is 6.11. The summed E-state index contributed by atoms with van der Waals surface area (Å²) in [7, 11) is 0.